The molecule has 0 atom stereocenters. The number of hydrogen-bond donors (Lipinski definition) is 1. The average molecular weight is 276 g/mol. The molecule has 1 saturated carbocycles. The molecule has 19 heavy (non-hydrogen) atoms. The zero-order valence-corrected chi connectivity index (χ0v) is 11.1. The zero-order chi connectivity index (χ0) is 13.6. The second-order valence-corrected chi connectivity index (χ2v) is 5.10. The average Bonchev–Trinajstić information content (AvgIpc) is 3.12. The van der Waals surface area contributed by atoms with Crippen LogP contribution in [0, 0.1) is 21.8 Å². The van der Waals surface area contributed by atoms with E-state index in [-0.39, 0.29) is 10.6 Å². The van der Waals surface area contributed by atoms with Crippen molar-refractivity contribution in [2.75, 3.05) is 0 Å². The summed E-state index contributed by atoms with van der Waals surface area (Å²) in [6, 6.07) is 5.42. The highest BCUT2D eigenvalue weighted by molar-refractivity contribution is 7.71. The van der Waals surface area contributed by atoms with Crippen LogP contribution in [0.25, 0.3) is 11.4 Å². The molecule has 0 bridgehead atoms. The first kappa shape index (κ1) is 12.0. The minimum atomic E-state index is -0.378. The van der Waals surface area contributed by atoms with E-state index >= 15 is 0 Å². The Morgan fingerprint density at radius 2 is 2.26 bits per heavy atom. The second-order valence-electron chi connectivity index (χ2n) is 4.71. The number of nitro benzene ring substituents is 1. The lowest BCUT2D eigenvalue weighted by Crippen LogP contribution is -1.98. The molecule has 1 aromatic heterocycles. The Labute approximate surface area is 114 Å². The fourth-order valence-electron chi connectivity index (χ4n) is 2.18. The summed E-state index contributed by atoms with van der Waals surface area (Å²) in [4.78, 5) is 10.4. The molecule has 1 aliphatic rings. The van der Waals surface area contributed by atoms with Gasteiger partial charge in [-0.1, -0.05) is 0 Å². The lowest BCUT2D eigenvalue weighted by molar-refractivity contribution is -0.385. The topological polar surface area (TPSA) is 76.8 Å². The van der Waals surface area contributed by atoms with Gasteiger partial charge in [0.05, 0.1) is 4.92 Å². The third-order valence-electron chi connectivity index (χ3n) is 3.27. The number of nitrogens with one attached hydrogen (secondary N) is 1. The monoisotopic (exact) mass is 276 g/mol. The number of benzene rings is 1. The Morgan fingerprint density at radius 3 is 2.84 bits per heavy atom. The summed E-state index contributed by atoms with van der Waals surface area (Å²) in [5.74, 6) is 0.755. The van der Waals surface area contributed by atoms with E-state index < -0.39 is 0 Å². The maximum absolute atomic E-state index is 10.8. The van der Waals surface area contributed by atoms with Crippen LogP contribution in [-0.4, -0.2) is 19.7 Å². The van der Waals surface area contributed by atoms with Gasteiger partial charge < -0.3 is 0 Å². The van der Waals surface area contributed by atoms with Gasteiger partial charge in [-0.2, -0.15) is 5.10 Å². The molecule has 1 heterocycles. The van der Waals surface area contributed by atoms with Crippen LogP contribution in [0.5, 0.6) is 0 Å². The predicted molar refractivity (Wildman–Crippen MR) is 72.5 cm³/mol. The summed E-state index contributed by atoms with van der Waals surface area (Å²) in [6.07, 6.45) is 2.21. The molecule has 1 N–H and O–H groups in total. The first-order chi connectivity index (χ1) is 9.08. The predicted octanol–water partition coefficient (Wildman–Crippen LogP) is 3.16. The highest BCUT2D eigenvalue weighted by atomic mass is 32.1. The third kappa shape index (κ3) is 2.06. The van der Waals surface area contributed by atoms with Crippen molar-refractivity contribution in [3.63, 3.8) is 0 Å². The largest absolute Gasteiger partial charge is 0.297 e. The van der Waals surface area contributed by atoms with Crippen LogP contribution in [0.1, 0.15) is 24.4 Å². The number of aromatic amines is 1. The van der Waals surface area contributed by atoms with E-state index in [0.29, 0.717) is 16.4 Å². The fraction of sp³-hybridized carbons (Fsp3) is 0.333. The number of aromatic nitrogens is 3. The van der Waals surface area contributed by atoms with Gasteiger partial charge in [0.1, 0.15) is 0 Å². The molecule has 0 radical (unpaired) electrons. The molecule has 0 amide bonds. The van der Waals surface area contributed by atoms with Crippen molar-refractivity contribution in [3.8, 4) is 11.4 Å². The molecule has 0 aliphatic heterocycles. The molecule has 2 aromatic rings. The number of H-pyrrole nitrogens is 1. The van der Waals surface area contributed by atoms with E-state index in [1.54, 1.807) is 19.1 Å². The van der Waals surface area contributed by atoms with Gasteiger partial charge in [-0.25, -0.2) is 0 Å². The number of nitro groups is 1. The first-order valence-electron chi connectivity index (χ1n) is 6.00. The Hall–Kier alpha value is -2.02. The van der Waals surface area contributed by atoms with Gasteiger partial charge in [-0.15, -0.1) is 0 Å². The van der Waals surface area contributed by atoms with E-state index in [1.807, 2.05) is 4.57 Å². The molecule has 1 aromatic carbocycles. The molecule has 0 saturated heterocycles. The maximum atomic E-state index is 10.8. The van der Waals surface area contributed by atoms with E-state index in [2.05, 4.69) is 10.2 Å². The summed E-state index contributed by atoms with van der Waals surface area (Å²) >= 11 is 5.23. The van der Waals surface area contributed by atoms with Crippen molar-refractivity contribution in [2.45, 2.75) is 25.8 Å². The Balaban J connectivity index is 2.10. The quantitative estimate of drug-likeness (QED) is 0.530. The molecule has 7 heteroatoms. The standard InChI is InChI=1S/C12H12N4O2S/c1-7-6-8(2-5-10(7)16(17)18)11-13-14-12(19)15(11)9-3-4-9/h2,5-6,9H,3-4H2,1H3,(H,14,19). The smallest absolute Gasteiger partial charge is 0.272 e. The van der Waals surface area contributed by atoms with Gasteiger partial charge in [-0.05, 0) is 44.1 Å². The van der Waals surface area contributed by atoms with Crippen LogP contribution in [-0.2, 0) is 0 Å². The third-order valence-corrected chi connectivity index (χ3v) is 3.56. The zero-order valence-electron chi connectivity index (χ0n) is 10.3. The van der Waals surface area contributed by atoms with Crippen LogP contribution >= 0.6 is 12.2 Å². The van der Waals surface area contributed by atoms with Gasteiger partial charge in [-0.3, -0.25) is 19.8 Å². The lowest BCUT2D eigenvalue weighted by atomic mass is 10.1. The van der Waals surface area contributed by atoms with Gasteiger partial charge in [0.2, 0.25) is 0 Å². The van der Waals surface area contributed by atoms with Crippen molar-refractivity contribution >= 4 is 17.9 Å². The molecule has 1 fully saturated rings. The maximum Gasteiger partial charge on any atom is 0.272 e. The van der Waals surface area contributed by atoms with E-state index in [0.717, 1.165) is 24.2 Å². The minimum absolute atomic E-state index is 0.121. The summed E-state index contributed by atoms with van der Waals surface area (Å²) in [5, 5.41) is 17.9. The molecule has 98 valence electrons. The van der Waals surface area contributed by atoms with Gasteiger partial charge in [0.15, 0.2) is 10.6 Å². The number of nitrogens with zero attached hydrogens (tertiary/aromatic N) is 3. The van der Waals surface area contributed by atoms with Crippen molar-refractivity contribution in [3.05, 3.63) is 38.6 Å². The van der Waals surface area contributed by atoms with Crippen LogP contribution < -0.4 is 0 Å². The van der Waals surface area contributed by atoms with Crippen molar-refractivity contribution in [1.29, 1.82) is 0 Å². The lowest BCUT2D eigenvalue weighted by Gasteiger charge is -2.06. The minimum Gasteiger partial charge on any atom is -0.297 e. The molecule has 3 rings (SSSR count). The first-order valence-corrected chi connectivity index (χ1v) is 6.41. The summed E-state index contributed by atoms with van der Waals surface area (Å²) < 4.78 is 2.60. The van der Waals surface area contributed by atoms with E-state index in [1.165, 1.54) is 6.07 Å². The number of aryl methyl sites for hydroxylation is 1. The Morgan fingerprint density at radius 1 is 1.53 bits per heavy atom. The fourth-order valence-corrected chi connectivity index (χ4v) is 2.46. The number of hydrogen-bond acceptors (Lipinski definition) is 4. The van der Waals surface area contributed by atoms with Gasteiger partial charge in [0, 0.05) is 23.2 Å². The molecule has 6 nitrogen and oxygen atoms in total. The highest BCUT2D eigenvalue weighted by Crippen LogP contribution is 2.38. The molecule has 0 unspecified atom stereocenters. The van der Waals surface area contributed by atoms with Gasteiger partial charge in [0.25, 0.3) is 5.69 Å². The van der Waals surface area contributed by atoms with Crippen LogP contribution in [0.3, 0.4) is 0 Å². The SMILES string of the molecule is Cc1cc(-c2n[nH]c(=S)n2C2CC2)ccc1[N+](=O)[O-]. The van der Waals surface area contributed by atoms with Gasteiger partial charge >= 0.3 is 0 Å². The van der Waals surface area contributed by atoms with E-state index in [9.17, 15) is 10.1 Å². The van der Waals surface area contributed by atoms with Crippen molar-refractivity contribution in [2.24, 2.45) is 0 Å². The number of rotatable bonds is 3. The Kier molecular flexibility index (Phi) is 2.70. The molecule has 1 aliphatic carbocycles. The van der Waals surface area contributed by atoms with Crippen molar-refractivity contribution in [1.82, 2.24) is 14.8 Å². The Bertz CT molecular complexity index is 715. The van der Waals surface area contributed by atoms with Crippen molar-refractivity contribution < 1.29 is 4.92 Å². The molecular formula is C12H12N4O2S. The summed E-state index contributed by atoms with van der Waals surface area (Å²) in [7, 11) is 0. The normalized spacial score (nSPS) is 14.6. The summed E-state index contributed by atoms with van der Waals surface area (Å²) in [6.45, 7) is 1.73. The second kappa shape index (κ2) is 4.27. The van der Waals surface area contributed by atoms with Crippen LogP contribution in [0.15, 0.2) is 18.2 Å². The summed E-state index contributed by atoms with van der Waals surface area (Å²) in [5.41, 5.74) is 1.59. The van der Waals surface area contributed by atoms with Crippen LogP contribution in [0.4, 0.5) is 5.69 Å². The highest BCUT2D eigenvalue weighted by Gasteiger charge is 2.28. The molecular weight excluding hydrogens is 264 g/mol. The molecule has 0 spiro atoms. The van der Waals surface area contributed by atoms with Crippen LogP contribution in [0.2, 0.25) is 0 Å². The van der Waals surface area contributed by atoms with E-state index in [4.69, 9.17) is 12.2 Å².